The Morgan fingerprint density at radius 2 is 1.95 bits per heavy atom. The first-order chi connectivity index (χ1) is 20.3. The van der Waals surface area contributed by atoms with Crippen molar-refractivity contribution in [1.29, 1.82) is 0 Å². The van der Waals surface area contributed by atoms with Crippen molar-refractivity contribution in [2.75, 3.05) is 30.9 Å². The third-order valence-electron chi connectivity index (χ3n) is 5.94. The molecule has 0 radical (unpaired) electrons. The van der Waals surface area contributed by atoms with Crippen molar-refractivity contribution < 1.29 is 33.1 Å². The number of amides is 3. The minimum atomic E-state index is -1.04. The molecule has 1 aromatic carbocycles. The summed E-state index contributed by atoms with van der Waals surface area (Å²) in [4.78, 5) is 34.6. The van der Waals surface area contributed by atoms with Crippen LogP contribution in [0.3, 0.4) is 0 Å². The van der Waals surface area contributed by atoms with Crippen molar-refractivity contribution >= 4 is 45.2 Å². The lowest BCUT2D eigenvalue weighted by Gasteiger charge is -2.18. The first-order valence-corrected chi connectivity index (χ1v) is 13.4. The summed E-state index contributed by atoms with van der Waals surface area (Å²) in [6.07, 6.45) is 2.16. The van der Waals surface area contributed by atoms with Crippen LogP contribution in [0.1, 0.15) is 11.3 Å². The monoisotopic (exact) mass is 592 g/mol. The molecule has 4 aromatic heterocycles. The van der Waals surface area contributed by atoms with Crippen molar-refractivity contribution in [3.8, 4) is 22.1 Å². The molecule has 14 heteroatoms. The van der Waals surface area contributed by atoms with Crippen LogP contribution < -0.4 is 15.4 Å². The summed E-state index contributed by atoms with van der Waals surface area (Å²) in [6, 6.07) is 12.1. The van der Waals surface area contributed by atoms with Gasteiger partial charge in [0.1, 0.15) is 11.5 Å². The van der Waals surface area contributed by atoms with Gasteiger partial charge in [0.15, 0.2) is 17.4 Å². The van der Waals surface area contributed by atoms with E-state index in [0.717, 1.165) is 16.5 Å². The SMILES string of the molecule is COCCN(Cc1ccc(-c2cc3nccc(Oc4ccc(NC(=O)Nc5cc(C)on5)cc4F)c3s2)nc1)C(=O)O. The zero-order valence-electron chi connectivity index (χ0n) is 22.5. The highest BCUT2D eigenvalue weighted by Crippen LogP contribution is 2.39. The molecule has 0 bridgehead atoms. The summed E-state index contributed by atoms with van der Waals surface area (Å²) < 4.78 is 31.4. The molecule has 0 saturated carbocycles. The van der Waals surface area contributed by atoms with Crippen LogP contribution in [-0.2, 0) is 11.3 Å². The number of carbonyl (C=O) groups excluding carboxylic acids is 1. The van der Waals surface area contributed by atoms with Gasteiger partial charge in [-0.15, -0.1) is 11.3 Å². The molecule has 0 aliphatic carbocycles. The minimum Gasteiger partial charge on any atom is -0.465 e. The Kier molecular flexibility index (Phi) is 8.55. The molecule has 0 fully saturated rings. The number of hydrogen-bond donors (Lipinski definition) is 3. The first-order valence-electron chi connectivity index (χ1n) is 12.6. The number of pyridine rings is 2. The number of aromatic nitrogens is 3. The van der Waals surface area contributed by atoms with E-state index in [-0.39, 0.29) is 30.3 Å². The molecule has 4 heterocycles. The number of carboxylic acid groups (broad SMARTS) is 1. The Hall–Kier alpha value is -5.08. The molecule has 0 saturated heterocycles. The van der Waals surface area contributed by atoms with Crippen LogP contribution in [0.2, 0.25) is 0 Å². The number of ether oxygens (including phenoxy) is 2. The maximum atomic E-state index is 14.9. The summed E-state index contributed by atoms with van der Waals surface area (Å²) in [7, 11) is 1.52. The van der Waals surface area contributed by atoms with E-state index in [2.05, 4.69) is 25.8 Å². The maximum Gasteiger partial charge on any atom is 0.407 e. The minimum absolute atomic E-state index is 0.0329. The smallest absolute Gasteiger partial charge is 0.407 e. The predicted molar refractivity (Wildman–Crippen MR) is 154 cm³/mol. The van der Waals surface area contributed by atoms with E-state index < -0.39 is 17.9 Å². The number of thiophene rings is 1. The normalized spacial score (nSPS) is 10.9. The quantitative estimate of drug-likeness (QED) is 0.168. The van der Waals surface area contributed by atoms with Gasteiger partial charge < -0.3 is 29.3 Å². The second-order valence-electron chi connectivity index (χ2n) is 9.03. The van der Waals surface area contributed by atoms with Crippen LogP contribution in [0.25, 0.3) is 20.8 Å². The molecule has 3 N–H and O–H groups in total. The molecule has 3 amide bonds. The van der Waals surface area contributed by atoms with Gasteiger partial charge in [0, 0.05) is 49.9 Å². The van der Waals surface area contributed by atoms with Crippen LogP contribution >= 0.6 is 11.3 Å². The second-order valence-corrected chi connectivity index (χ2v) is 10.1. The number of anilines is 2. The van der Waals surface area contributed by atoms with Gasteiger partial charge in [-0.25, -0.2) is 14.0 Å². The van der Waals surface area contributed by atoms with Gasteiger partial charge in [0.2, 0.25) is 0 Å². The number of aryl methyl sites for hydroxylation is 1. The number of halogens is 1. The summed E-state index contributed by atoms with van der Waals surface area (Å²) in [5, 5.41) is 18.1. The molecule has 216 valence electrons. The Labute approximate surface area is 242 Å². The number of carbonyl (C=O) groups is 2. The molecule has 5 rings (SSSR count). The summed E-state index contributed by atoms with van der Waals surface area (Å²) in [6.45, 7) is 2.42. The van der Waals surface area contributed by atoms with Crippen molar-refractivity contribution in [2.45, 2.75) is 13.5 Å². The van der Waals surface area contributed by atoms with E-state index in [1.807, 2.05) is 18.2 Å². The number of rotatable bonds is 10. The first kappa shape index (κ1) is 28.4. The Morgan fingerprint density at radius 1 is 1.10 bits per heavy atom. The van der Waals surface area contributed by atoms with Gasteiger partial charge in [-0.05, 0) is 36.8 Å². The van der Waals surface area contributed by atoms with Crippen LogP contribution in [0.4, 0.5) is 25.5 Å². The van der Waals surface area contributed by atoms with Crippen molar-refractivity contribution in [3.63, 3.8) is 0 Å². The molecule has 42 heavy (non-hydrogen) atoms. The van der Waals surface area contributed by atoms with Gasteiger partial charge in [-0.2, -0.15) is 0 Å². The van der Waals surface area contributed by atoms with Crippen LogP contribution in [0, 0.1) is 12.7 Å². The number of nitrogens with zero attached hydrogens (tertiary/aromatic N) is 4. The van der Waals surface area contributed by atoms with E-state index in [0.29, 0.717) is 34.0 Å². The van der Waals surface area contributed by atoms with E-state index in [4.69, 9.17) is 14.0 Å². The molecule has 0 aliphatic heterocycles. The van der Waals surface area contributed by atoms with Crippen molar-refractivity contribution in [3.05, 3.63) is 78.1 Å². The lowest BCUT2D eigenvalue weighted by molar-refractivity contribution is 0.115. The summed E-state index contributed by atoms with van der Waals surface area (Å²) >= 11 is 1.38. The lowest BCUT2D eigenvalue weighted by atomic mass is 10.2. The third kappa shape index (κ3) is 6.79. The van der Waals surface area contributed by atoms with Crippen molar-refractivity contribution in [1.82, 2.24) is 20.0 Å². The van der Waals surface area contributed by atoms with E-state index in [1.165, 1.54) is 35.5 Å². The van der Waals surface area contributed by atoms with E-state index >= 15 is 0 Å². The highest BCUT2D eigenvalue weighted by atomic mass is 32.1. The third-order valence-corrected chi connectivity index (χ3v) is 7.10. The lowest BCUT2D eigenvalue weighted by Crippen LogP contribution is -2.32. The fourth-order valence-corrected chi connectivity index (χ4v) is 4.98. The standard InChI is InChI=1S/C28H25FN6O6S/c1-16-11-25(34-41-16)33-27(36)32-18-4-6-22(19(29)12-18)40-23-7-8-30-21-13-24(42-26(21)23)20-5-3-17(14-31-20)15-35(28(37)38)9-10-39-2/h3-8,11-14H,9-10,15H2,1-2H3,(H,37,38)(H2,32,33,34,36). The largest absolute Gasteiger partial charge is 0.465 e. The average Bonchev–Trinajstić information content (AvgIpc) is 3.59. The molecule has 5 aromatic rings. The fraction of sp³-hybridized carbons (Fsp3) is 0.179. The molecular formula is C28H25FN6O6S. The van der Waals surface area contributed by atoms with Crippen molar-refractivity contribution in [2.24, 2.45) is 0 Å². The van der Waals surface area contributed by atoms with E-state index in [1.54, 1.807) is 31.5 Å². The zero-order valence-corrected chi connectivity index (χ0v) is 23.3. The van der Waals surface area contributed by atoms with Gasteiger partial charge in [0.05, 0.1) is 33.9 Å². The molecule has 0 unspecified atom stereocenters. The Morgan fingerprint density at radius 3 is 2.64 bits per heavy atom. The molecule has 0 aliphatic rings. The number of benzene rings is 1. The summed E-state index contributed by atoms with van der Waals surface area (Å²) in [5.41, 5.74) is 2.27. The number of hydrogen-bond acceptors (Lipinski definition) is 9. The van der Waals surface area contributed by atoms with E-state index in [9.17, 15) is 19.1 Å². The Balaban J connectivity index is 1.28. The fourth-order valence-electron chi connectivity index (χ4n) is 3.93. The molecular weight excluding hydrogens is 567 g/mol. The Bertz CT molecular complexity index is 1720. The van der Waals surface area contributed by atoms with Gasteiger partial charge in [-0.1, -0.05) is 11.2 Å². The second kappa shape index (κ2) is 12.6. The number of urea groups is 1. The maximum absolute atomic E-state index is 14.9. The molecule has 12 nitrogen and oxygen atoms in total. The highest BCUT2D eigenvalue weighted by Gasteiger charge is 2.16. The van der Waals surface area contributed by atoms with Crippen LogP contribution in [-0.4, -0.2) is 57.5 Å². The van der Waals surface area contributed by atoms with Gasteiger partial charge in [0.25, 0.3) is 0 Å². The van der Waals surface area contributed by atoms with Crippen LogP contribution in [0.5, 0.6) is 11.5 Å². The number of methoxy groups -OCH3 is 1. The van der Waals surface area contributed by atoms with Gasteiger partial charge >= 0.3 is 12.1 Å². The van der Waals surface area contributed by atoms with Crippen LogP contribution in [0.15, 0.2) is 65.4 Å². The summed E-state index contributed by atoms with van der Waals surface area (Å²) in [5.74, 6) is 0.464. The molecule has 0 spiro atoms. The average molecular weight is 593 g/mol. The van der Waals surface area contributed by atoms with Gasteiger partial charge in [-0.3, -0.25) is 15.3 Å². The number of fused-ring (bicyclic) bond motifs is 1. The predicted octanol–water partition coefficient (Wildman–Crippen LogP) is 6.36. The zero-order chi connectivity index (χ0) is 29.6. The highest BCUT2D eigenvalue weighted by molar-refractivity contribution is 7.22. The molecule has 0 atom stereocenters. The topological polar surface area (TPSA) is 152 Å². The number of nitrogens with one attached hydrogen (secondary N) is 2.